The summed E-state index contributed by atoms with van der Waals surface area (Å²) in [6, 6.07) is 8.49. The molecule has 0 aliphatic carbocycles. The van der Waals surface area contributed by atoms with Crippen molar-refractivity contribution in [3.05, 3.63) is 71.1 Å². The summed E-state index contributed by atoms with van der Waals surface area (Å²) in [5, 5.41) is 2.82. The highest BCUT2D eigenvalue weighted by Crippen LogP contribution is 2.36. The first-order valence-electron chi connectivity index (χ1n) is 7.89. The van der Waals surface area contributed by atoms with Gasteiger partial charge in [0.2, 0.25) is 0 Å². The maximum atomic E-state index is 13.2. The topological polar surface area (TPSA) is 65.8 Å². The van der Waals surface area contributed by atoms with Crippen LogP contribution >= 0.6 is 0 Å². The molecule has 1 aromatic carbocycles. The lowest BCUT2D eigenvalue weighted by Gasteiger charge is -2.31. The zero-order valence-electron chi connectivity index (χ0n) is 13.5. The number of likely N-dealkylation sites (N-methyl/N-ethyl adjacent to an activating group) is 1. The van der Waals surface area contributed by atoms with Gasteiger partial charge >= 0.3 is 6.03 Å². The van der Waals surface area contributed by atoms with Gasteiger partial charge in [-0.3, -0.25) is 9.69 Å². The Labute approximate surface area is 143 Å². The predicted octanol–water partition coefficient (Wildman–Crippen LogP) is 2.41. The lowest BCUT2D eigenvalue weighted by molar-refractivity contribution is -0.126. The number of hydrogen-bond acceptors (Lipinski definition) is 3. The van der Waals surface area contributed by atoms with E-state index in [4.69, 9.17) is 4.42 Å². The first kappa shape index (κ1) is 15.4. The van der Waals surface area contributed by atoms with Crippen LogP contribution in [-0.4, -0.2) is 35.3 Å². The number of benzene rings is 1. The van der Waals surface area contributed by atoms with Crippen LogP contribution in [0.5, 0.6) is 0 Å². The summed E-state index contributed by atoms with van der Waals surface area (Å²) in [5.41, 5.74) is 1.85. The number of furan rings is 1. The van der Waals surface area contributed by atoms with E-state index in [2.05, 4.69) is 5.32 Å². The number of rotatable bonds is 3. The van der Waals surface area contributed by atoms with E-state index in [0.717, 1.165) is 0 Å². The smallest absolute Gasteiger partial charge is 0.322 e. The fraction of sp³-hybridized carbons (Fsp3) is 0.222. The summed E-state index contributed by atoms with van der Waals surface area (Å²) in [7, 11) is 1.63. The molecule has 0 bridgehead atoms. The average molecular weight is 341 g/mol. The van der Waals surface area contributed by atoms with E-state index in [9.17, 15) is 14.0 Å². The quantitative estimate of drug-likeness (QED) is 0.932. The van der Waals surface area contributed by atoms with Gasteiger partial charge in [-0.15, -0.1) is 0 Å². The molecule has 25 heavy (non-hydrogen) atoms. The van der Waals surface area contributed by atoms with Gasteiger partial charge < -0.3 is 14.6 Å². The molecule has 4 rings (SSSR count). The number of hydrogen-bond donors (Lipinski definition) is 1. The molecule has 1 N–H and O–H groups in total. The van der Waals surface area contributed by atoms with Gasteiger partial charge in [-0.05, 0) is 29.8 Å². The van der Waals surface area contributed by atoms with Crippen molar-refractivity contribution in [3.8, 4) is 0 Å². The Kier molecular flexibility index (Phi) is 3.56. The molecule has 2 aromatic rings. The molecule has 1 atom stereocenters. The van der Waals surface area contributed by atoms with Gasteiger partial charge in [0, 0.05) is 7.05 Å². The molecule has 3 heterocycles. The monoisotopic (exact) mass is 341 g/mol. The first-order valence-corrected chi connectivity index (χ1v) is 7.89. The summed E-state index contributed by atoms with van der Waals surface area (Å²) < 4.78 is 18.5. The molecule has 0 saturated heterocycles. The lowest BCUT2D eigenvalue weighted by atomic mass is 9.96. The second-order valence-corrected chi connectivity index (χ2v) is 6.09. The molecule has 128 valence electrons. The molecule has 3 amide bonds. The zero-order valence-corrected chi connectivity index (χ0v) is 13.5. The predicted molar refractivity (Wildman–Crippen MR) is 86.6 cm³/mol. The van der Waals surface area contributed by atoms with E-state index < -0.39 is 6.04 Å². The molecular formula is C18H16FN3O3. The second kappa shape index (κ2) is 5.77. The molecule has 0 unspecified atom stereocenters. The standard InChI is InChI=1S/C18H16FN3O3/c1-21-14-10-22(9-13-3-2-8-25-13)17(23)15(14)16(20-18(21)24)11-4-6-12(19)7-5-11/h2-8,16H,9-10H2,1H3,(H,20,24)/t16-/m1/s1. The van der Waals surface area contributed by atoms with Gasteiger partial charge in [-0.25, -0.2) is 9.18 Å². The second-order valence-electron chi connectivity index (χ2n) is 6.09. The molecule has 0 fully saturated rings. The van der Waals surface area contributed by atoms with Crippen molar-refractivity contribution in [3.63, 3.8) is 0 Å². The van der Waals surface area contributed by atoms with Crippen LogP contribution in [0.1, 0.15) is 17.4 Å². The van der Waals surface area contributed by atoms with Crippen molar-refractivity contribution in [1.82, 2.24) is 15.1 Å². The van der Waals surface area contributed by atoms with E-state index in [-0.39, 0.29) is 17.8 Å². The number of carbonyl (C=O) groups is 2. The van der Waals surface area contributed by atoms with Crippen LogP contribution in [0.2, 0.25) is 0 Å². The number of carbonyl (C=O) groups excluding carboxylic acids is 2. The molecule has 7 heteroatoms. The van der Waals surface area contributed by atoms with Gasteiger partial charge in [0.05, 0.1) is 36.7 Å². The van der Waals surface area contributed by atoms with Crippen LogP contribution < -0.4 is 5.32 Å². The Balaban J connectivity index is 1.69. The average Bonchev–Trinajstić information content (AvgIpc) is 3.22. The van der Waals surface area contributed by atoms with Crippen LogP contribution in [-0.2, 0) is 11.3 Å². The molecule has 2 aliphatic heterocycles. The largest absolute Gasteiger partial charge is 0.467 e. The number of nitrogens with zero attached hydrogens (tertiary/aromatic N) is 2. The Morgan fingerprint density at radius 1 is 1.24 bits per heavy atom. The van der Waals surface area contributed by atoms with Gasteiger partial charge in [0.1, 0.15) is 11.6 Å². The maximum Gasteiger partial charge on any atom is 0.322 e. The van der Waals surface area contributed by atoms with E-state index >= 15 is 0 Å². The molecule has 1 aromatic heterocycles. The fourth-order valence-corrected chi connectivity index (χ4v) is 3.25. The van der Waals surface area contributed by atoms with Gasteiger partial charge in [0.25, 0.3) is 5.91 Å². The number of urea groups is 1. The van der Waals surface area contributed by atoms with Crippen molar-refractivity contribution < 1.29 is 18.4 Å². The molecule has 2 aliphatic rings. The minimum atomic E-state index is -0.589. The van der Waals surface area contributed by atoms with E-state index in [1.54, 1.807) is 42.5 Å². The summed E-state index contributed by atoms with van der Waals surface area (Å²) >= 11 is 0. The third-order valence-corrected chi connectivity index (χ3v) is 4.57. The maximum absolute atomic E-state index is 13.2. The third kappa shape index (κ3) is 2.57. The fourth-order valence-electron chi connectivity index (χ4n) is 3.25. The lowest BCUT2D eigenvalue weighted by Crippen LogP contribution is -2.45. The molecule has 0 radical (unpaired) electrons. The summed E-state index contributed by atoms with van der Waals surface area (Å²) in [5.74, 6) is 0.149. The molecule has 6 nitrogen and oxygen atoms in total. The van der Waals surface area contributed by atoms with Crippen molar-refractivity contribution in [2.75, 3.05) is 13.6 Å². The minimum absolute atomic E-state index is 0.160. The summed E-state index contributed by atoms with van der Waals surface area (Å²) in [4.78, 5) is 28.3. The van der Waals surface area contributed by atoms with Crippen molar-refractivity contribution in [2.45, 2.75) is 12.6 Å². The van der Waals surface area contributed by atoms with Gasteiger partial charge in [-0.2, -0.15) is 0 Å². The van der Waals surface area contributed by atoms with E-state index in [1.807, 2.05) is 0 Å². The van der Waals surface area contributed by atoms with Crippen molar-refractivity contribution >= 4 is 11.9 Å². The Morgan fingerprint density at radius 2 is 2.00 bits per heavy atom. The van der Waals surface area contributed by atoms with Crippen molar-refractivity contribution in [1.29, 1.82) is 0 Å². The Morgan fingerprint density at radius 3 is 2.68 bits per heavy atom. The first-order chi connectivity index (χ1) is 12.0. The summed E-state index contributed by atoms with van der Waals surface area (Å²) in [6.45, 7) is 0.660. The molecule has 0 saturated carbocycles. The minimum Gasteiger partial charge on any atom is -0.467 e. The van der Waals surface area contributed by atoms with E-state index in [0.29, 0.717) is 35.7 Å². The third-order valence-electron chi connectivity index (χ3n) is 4.57. The van der Waals surface area contributed by atoms with Crippen LogP contribution in [0.4, 0.5) is 9.18 Å². The highest BCUT2D eigenvalue weighted by molar-refractivity contribution is 6.01. The number of nitrogens with one attached hydrogen (secondary N) is 1. The van der Waals surface area contributed by atoms with Gasteiger partial charge in [-0.1, -0.05) is 12.1 Å². The number of amides is 3. The number of halogens is 1. The van der Waals surface area contributed by atoms with Crippen molar-refractivity contribution in [2.24, 2.45) is 0 Å². The van der Waals surface area contributed by atoms with E-state index in [1.165, 1.54) is 17.0 Å². The normalized spacial score (nSPS) is 20.2. The molecule has 0 spiro atoms. The van der Waals surface area contributed by atoms with Gasteiger partial charge in [0.15, 0.2) is 0 Å². The zero-order chi connectivity index (χ0) is 17.6. The summed E-state index contributed by atoms with van der Waals surface area (Å²) in [6.07, 6.45) is 1.56. The van der Waals surface area contributed by atoms with Crippen LogP contribution in [0.3, 0.4) is 0 Å². The highest BCUT2D eigenvalue weighted by Gasteiger charge is 2.42. The van der Waals surface area contributed by atoms with Crippen LogP contribution in [0.25, 0.3) is 0 Å². The highest BCUT2D eigenvalue weighted by atomic mass is 19.1. The van der Waals surface area contributed by atoms with Crippen LogP contribution in [0.15, 0.2) is 58.3 Å². The van der Waals surface area contributed by atoms with Crippen LogP contribution in [0, 0.1) is 5.82 Å². The SMILES string of the molecule is CN1C(=O)N[C@H](c2ccc(F)cc2)C2=C1CN(Cc1ccco1)C2=O. The molecular weight excluding hydrogens is 325 g/mol. The Hall–Kier alpha value is -3.09. The Bertz CT molecular complexity index is 858.